The lowest BCUT2D eigenvalue weighted by atomic mass is 9.96. The quantitative estimate of drug-likeness (QED) is 0.765. The van der Waals surface area contributed by atoms with Crippen LogP contribution in [0.2, 0.25) is 0 Å². The molecule has 0 aliphatic carbocycles. The predicted octanol–water partition coefficient (Wildman–Crippen LogP) is 2.80. The summed E-state index contributed by atoms with van der Waals surface area (Å²) >= 11 is 1.66. The Labute approximate surface area is 86.6 Å². The highest BCUT2D eigenvalue weighted by Gasteiger charge is 2.14. The van der Waals surface area contributed by atoms with Crippen LogP contribution in [0.15, 0.2) is 35.2 Å². The molecule has 14 heavy (non-hydrogen) atoms. The zero-order valence-electron chi connectivity index (χ0n) is 7.64. The third-order valence-corrected chi connectivity index (χ3v) is 2.98. The Hall–Kier alpha value is -1.35. The molecule has 1 N–H and O–H groups in total. The van der Waals surface area contributed by atoms with Crippen molar-refractivity contribution < 1.29 is 4.79 Å². The normalized spacial score (nSPS) is 12.6. The molecule has 0 saturated heterocycles. The number of thiophene rings is 1. The molecule has 0 aliphatic rings. The van der Waals surface area contributed by atoms with Crippen molar-refractivity contribution in [3.63, 3.8) is 0 Å². The molecule has 1 unspecified atom stereocenters. The lowest BCUT2D eigenvalue weighted by molar-refractivity contribution is -0.108. The molecule has 0 amide bonds. The summed E-state index contributed by atoms with van der Waals surface area (Å²) in [5, 5.41) is 4.13. The van der Waals surface area contributed by atoms with Gasteiger partial charge in [-0.15, -0.1) is 0 Å². The first-order chi connectivity index (χ1) is 6.92. The fraction of sp³-hybridized carbons (Fsp3) is 0.182. The highest BCUT2D eigenvalue weighted by Crippen LogP contribution is 2.27. The number of carbonyl (C=O) groups is 1. The van der Waals surface area contributed by atoms with E-state index in [9.17, 15) is 4.79 Å². The Morgan fingerprint density at radius 3 is 3.00 bits per heavy atom. The summed E-state index contributed by atoms with van der Waals surface area (Å²) < 4.78 is 0. The van der Waals surface area contributed by atoms with Crippen LogP contribution in [0.25, 0.3) is 0 Å². The van der Waals surface area contributed by atoms with E-state index in [1.54, 1.807) is 11.3 Å². The van der Waals surface area contributed by atoms with Crippen LogP contribution in [0.1, 0.15) is 23.6 Å². The third-order valence-electron chi connectivity index (χ3n) is 2.27. The molecule has 72 valence electrons. The van der Waals surface area contributed by atoms with Gasteiger partial charge in [0.05, 0.1) is 0 Å². The van der Waals surface area contributed by atoms with Crippen LogP contribution in [0.4, 0.5) is 0 Å². The Kier molecular flexibility index (Phi) is 2.79. The number of hydrogen-bond donors (Lipinski definition) is 1. The standard InChI is InChI=1S/C11H11NOS/c13-6-3-10(9-4-7-14-8-9)11-2-1-5-12-11/h1-2,4-8,10,12H,3H2. The molecule has 2 aromatic rings. The van der Waals surface area contributed by atoms with Gasteiger partial charge < -0.3 is 9.78 Å². The van der Waals surface area contributed by atoms with Crippen LogP contribution in [-0.4, -0.2) is 11.3 Å². The van der Waals surface area contributed by atoms with E-state index < -0.39 is 0 Å². The van der Waals surface area contributed by atoms with E-state index in [-0.39, 0.29) is 5.92 Å². The minimum atomic E-state index is 0.189. The monoisotopic (exact) mass is 205 g/mol. The summed E-state index contributed by atoms with van der Waals surface area (Å²) in [7, 11) is 0. The lowest BCUT2D eigenvalue weighted by Crippen LogP contribution is -2.00. The number of rotatable bonds is 4. The molecule has 2 rings (SSSR count). The summed E-state index contributed by atoms with van der Waals surface area (Å²) in [5.41, 5.74) is 2.32. The fourth-order valence-corrected chi connectivity index (χ4v) is 2.29. The number of aldehydes is 1. The van der Waals surface area contributed by atoms with Crippen LogP contribution in [0, 0.1) is 0 Å². The van der Waals surface area contributed by atoms with E-state index in [4.69, 9.17) is 0 Å². The SMILES string of the molecule is O=CCC(c1ccsc1)c1ccc[nH]1. The number of aromatic nitrogens is 1. The van der Waals surface area contributed by atoms with Crippen molar-refractivity contribution in [2.45, 2.75) is 12.3 Å². The molecule has 1 atom stereocenters. The number of nitrogens with one attached hydrogen (secondary N) is 1. The van der Waals surface area contributed by atoms with Gasteiger partial charge >= 0.3 is 0 Å². The smallest absolute Gasteiger partial charge is 0.120 e. The van der Waals surface area contributed by atoms with Gasteiger partial charge in [0.25, 0.3) is 0 Å². The minimum Gasteiger partial charge on any atom is -0.364 e. The van der Waals surface area contributed by atoms with Gasteiger partial charge in [-0.1, -0.05) is 0 Å². The van der Waals surface area contributed by atoms with Crippen LogP contribution < -0.4 is 0 Å². The summed E-state index contributed by atoms with van der Waals surface area (Å²) in [4.78, 5) is 13.8. The summed E-state index contributed by atoms with van der Waals surface area (Å²) in [6, 6.07) is 6.05. The second-order valence-electron chi connectivity index (χ2n) is 3.14. The van der Waals surface area contributed by atoms with E-state index in [0.717, 1.165) is 12.0 Å². The summed E-state index contributed by atoms with van der Waals surface area (Å²) in [6.07, 6.45) is 3.40. The average molecular weight is 205 g/mol. The molecule has 0 fully saturated rings. The summed E-state index contributed by atoms with van der Waals surface area (Å²) in [6.45, 7) is 0. The largest absolute Gasteiger partial charge is 0.364 e. The fourth-order valence-electron chi connectivity index (χ4n) is 1.57. The van der Waals surface area contributed by atoms with Gasteiger partial charge in [0, 0.05) is 24.2 Å². The van der Waals surface area contributed by atoms with Crippen molar-refractivity contribution in [1.82, 2.24) is 4.98 Å². The third kappa shape index (κ3) is 1.77. The molecule has 0 aromatic carbocycles. The number of aromatic amines is 1. The molecule has 3 heteroatoms. The van der Waals surface area contributed by atoms with Crippen molar-refractivity contribution in [2.24, 2.45) is 0 Å². The Balaban J connectivity index is 2.29. The van der Waals surface area contributed by atoms with Crippen molar-refractivity contribution in [3.8, 4) is 0 Å². The first-order valence-corrected chi connectivity index (χ1v) is 5.45. The number of hydrogen-bond acceptors (Lipinski definition) is 2. The van der Waals surface area contributed by atoms with Crippen molar-refractivity contribution in [2.75, 3.05) is 0 Å². The number of carbonyl (C=O) groups excluding carboxylic acids is 1. The van der Waals surface area contributed by atoms with Crippen molar-refractivity contribution in [3.05, 3.63) is 46.4 Å². The average Bonchev–Trinajstić information content (AvgIpc) is 2.87. The van der Waals surface area contributed by atoms with Gasteiger partial charge in [-0.2, -0.15) is 11.3 Å². The molecule has 0 saturated carbocycles. The maximum atomic E-state index is 10.6. The van der Waals surface area contributed by atoms with Crippen molar-refractivity contribution >= 4 is 17.6 Å². The van der Waals surface area contributed by atoms with Gasteiger partial charge in [0.2, 0.25) is 0 Å². The van der Waals surface area contributed by atoms with E-state index in [1.807, 2.05) is 23.7 Å². The van der Waals surface area contributed by atoms with Gasteiger partial charge in [0.15, 0.2) is 0 Å². The van der Waals surface area contributed by atoms with E-state index in [0.29, 0.717) is 6.42 Å². The maximum Gasteiger partial charge on any atom is 0.120 e. The molecule has 0 radical (unpaired) electrons. The van der Waals surface area contributed by atoms with Gasteiger partial charge in [-0.25, -0.2) is 0 Å². The highest BCUT2D eigenvalue weighted by atomic mass is 32.1. The molecular formula is C11H11NOS. The molecule has 0 aliphatic heterocycles. The molecular weight excluding hydrogens is 194 g/mol. The van der Waals surface area contributed by atoms with E-state index in [2.05, 4.69) is 16.4 Å². The summed E-state index contributed by atoms with van der Waals surface area (Å²) in [5.74, 6) is 0.189. The Morgan fingerprint density at radius 1 is 1.50 bits per heavy atom. The van der Waals surface area contributed by atoms with Crippen molar-refractivity contribution in [1.29, 1.82) is 0 Å². The minimum absolute atomic E-state index is 0.189. The van der Waals surface area contributed by atoms with Crippen LogP contribution in [0.5, 0.6) is 0 Å². The van der Waals surface area contributed by atoms with Gasteiger partial charge in [-0.05, 0) is 34.5 Å². The Morgan fingerprint density at radius 2 is 2.43 bits per heavy atom. The zero-order chi connectivity index (χ0) is 9.80. The Bertz CT molecular complexity index is 343. The van der Waals surface area contributed by atoms with Gasteiger partial charge in [0.1, 0.15) is 6.29 Å². The molecule has 2 nitrogen and oxygen atoms in total. The van der Waals surface area contributed by atoms with Gasteiger partial charge in [-0.3, -0.25) is 0 Å². The first kappa shape index (κ1) is 9.21. The van der Waals surface area contributed by atoms with E-state index in [1.165, 1.54) is 5.56 Å². The molecule has 2 heterocycles. The maximum absolute atomic E-state index is 10.6. The van der Waals surface area contributed by atoms with Crippen LogP contribution in [-0.2, 0) is 4.79 Å². The molecule has 0 bridgehead atoms. The topological polar surface area (TPSA) is 32.9 Å². The first-order valence-electron chi connectivity index (χ1n) is 4.51. The molecule has 2 aromatic heterocycles. The van der Waals surface area contributed by atoms with Crippen LogP contribution in [0.3, 0.4) is 0 Å². The zero-order valence-corrected chi connectivity index (χ0v) is 8.46. The highest BCUT2D eigenvalue weighted by molar-refractivity contribution is 7.08. The molecule has 0 spiro atoms. The van der Waals surface area contributed by atoms with Crippen LogP contribution >= 0.6 is 11.3 Å². The lowest BCUT2D eigenvalue weighted by Gasteiger charge is -2.10. The predicted molar refractivity (Wildman–Crippen MR) is 57.6 cm³/mol. The van der Waals surface area contributed by atoms with E-state index >= 15 is 0 Å². The second-order valence-corrected chi connectivity index (χ2v) is 3.92. The number of H-pyrrole nitrogens is 1. The second kappa shape index (κ2) is 4.24.